The predicted molar refractivity (Wildman–Crippen MR) is 86.0 cm³/mol. The van der Waals surface area contributed by atoms with Gasteiger partial charge < -0.3 is 9.94 Å². The van der Waals surface area contributed by atoms with E-state index in [4.69, 9.17) is 21.5 Å². The number of hydroxylamine groups is 2. The van der Waals surface area contributed by atoms with Crippen molar-refractivity contribution in [3.63, 3.8) is 0 Å². The van der Waals surface area contributed by atoms with E-state index in [-0.39, 0.29) is 18.7 Å². The van der Waals surface area contributed by atoms with E-state index >= 15 is 0 Å². The fourth-order valence-corrected chi connectivity index (χ4v) is 2.16. The molecule has 25 heavy (non-hydrogen) atoms. The van der Waals surface area contributed by atoms with Gasteiger partial charge in [-0.3, -0.25) is 4.79 Å². The molecule has 1 N–H and O–H groups in total. The minimum atomic E-state index is -4.52. The highest BCUT2D eigenvalue weighted by atomic mass is 35.5. The predicted octanol–water partition coefficient (Wildman–Crippen LogP) is 3.72. The molecule has 0 aliphatic rings. The Balaban J connectivity index is 2.12. The Morgan fingerprint density at radius 2 is 1.84 bits per heavy atom. The number of alkyl halides is 3. The molecule has 0 spiro atoms. The first kappa shape index (κ1) is 19.1. The molecule has 8 heteroatoms. The van der Waals surface area contributed by atoms with Crippen molar-refractivity contribution in [3.8, 4) is 5.75 Å². The van der Waals surface area contributed by atoms with Gasteiger partial charge in [0.1, 0.15) is 0 Å². The summed E-state index contributed by atoms with van der Waals surface area (Å²) in [6, 6.07) is 10.7. The molecular weight excluding hydrogens is 359 g/mol. The van der Waals surface area contributed by atoms with E-state index in [0.717, 1.165) is 17.2 Å². The van der Waals surface area contributed by atoms with Crippen molar-refractivity contribution in [1.29, 1.82) is 0 Å². The smallest absolute Gasteiger partial charge is 0.394 e. The number of aliphatic hydroxyl groups is 1. The average molecular weight is 374 g/mol. The third kappa shape index (κ3) is 5.65. The van der Waals surface area contributed by atoms with Gasteiger partial charge in [0, 0.05) is 5.02 Å². The first-order chi connectivity index (χ1) is 11.8. The van der Waals surface area contributed by atoms with Gasteiger partial charge in [-0.2, -0.15) is 18.2 Å². The summed E-state index contributed by atoms with van der Waals surface area (Å²) >= 11 is 5.77. The minimum Gasteiger partial charge on any atom is -0.394 e. The van der Waals surface area contributed by atoms with Crippen LogP contribution in [0.15, 0.2) is 48.5 Å². The van der Waals surface area contributed by atoms with Gasteiger partial charge >= 0.3 is 6.18 Å². The van der Waals surface area contributed by atoms with Crippen LogP contribution in [-0.4, -0.2) is 29.2 Å². The summed E-state index contributed by atoms with van der Waals surface area (Å²) < 4.78 is 38.2. The van der Waals surface area contributed by atoms with E-state index < -0.39 is 24.3 Å². The molecule has 0 aliphatic carbocycles. The SMILES string of the molecule is O=C(Cc1ccc(Cl)cc1)N(CCO)Oc1cccc(C(F)(F)F)c1. The summed E-state index contributed by atoms with van der Waals surface area (Å²) in [6.45, 7) is -0.575. The first-order valence-corrected chi connectivity index (χ1v) is 7.68. The largest absolute Gasteiger partial charge is 0.416 e. The number of aliphatic hydroxyl groups excluding tert-OH is 1. The van der Waals surface area contributed by atoms with E-state index in [1.54, 1.807) is 24.3 Å². The number of benzene rings is 2. The second-order valence-electron chi connectivity index (χ2n) is 5.14. The summed E-state index contributed by atoms with van der Waals surface area (Å²) in [5.41, 5.74) is -0.232. The lowest BCUT2D eigenvalue weighted by Crippen LogP contribution is -2.37. The zero-order valence-electron chi connectivity index (χ0n) is 13.0. The van der Waals surface area contributed by atoms with Crippen molar-refractivity contribution in [2.24, 2.45) is 0 Å². The zero-order chi connectivity index (χ0) is 18.4. The van der Waals surface area contributed by atoms with Gasteiger partial charge in [-0.25, -0.2) is 0 Å². The highest BCUT2D eigenvalue weighted by Crippen LogP contribution is 2.31. The second kappa shape index (κ2) is 8.22. The Morgan fingerprint density at radius 3 is 2.44 bits per heavy atom. The molecule has 134 valence electrons. The molecule has 0 bridgehead atoms. The fraction of sp³-hybridized carbons (Fsp3) is 0.235. The van der Waals surface area contributed by atoms with Crippen LogP contribution in [-0.2, 0) is 17.4 Å². The standard InChI is InChI=1S/C17H15ClF3NO3/c18-14-6-4-12(5-7-14)10-16(24)22(8-9-23)25-15-3-1-2-13(11-15)17(19,20)21/h1-7,11,23H,8-10H2. The normalized spacial score (nSPS) is 11.2. The molecule has 0 unspecified atom stereocenters. The maximum atomic E-state index is 12.7. The lowest BCUT2D eigenvalue weighted by Gasteiger charge is -2.22. The zero-order valence-corrected chi connectivity index (χ0v) is 13.7. The van der Waals surface area contributed by atoms with Gasteiger partial charge in [-0.05, 0) is 35.9 Å². The molecule has 1 amide bonds. The summed E-state index contributed by atoms with van der Waals surface area (Å²) in [6.07, 6.45) is -4.56. The van der Waals surface area contributed by atoms with Crippen molar-refractivity contribution < 1.29 is 27.9 Å². The average Bonchev–Trinajstić information content (AvgIpc) is 2.56. The lowest BCUT2D eigenvalue weighted by molar-refractivity contribution is -0.158. The lowest BCUT2D eigenvalue weighted by atomic mass is 10.1. The van der Waals surface area contributed by atoms with Crippen LogP contribution in [0.2, 0.25) is 5.02 Å². The molecule has 0 heterocycles. The third-order valence-corrected chi connectivity index (χ3v) is 3.48. The fourth-order valence-electron chi connectivity index (χ4n) is 2.03. The van der Waals surface area contributed by atoms with Crippen LogP contribution in [0.5, 0.6) is 5.75 Å². The van der Waals surface area contributed by atoms with Crippen LogP contribution in [0, 0.1) is 0 Å². The third-order valence-electron chi connectivity index (χ3n) is 3.23. The van der Waals surface area contributed by atoms with Crippen molar-refractivity contribution in [1.82, 2.24) is 5.06 Å². The van der Waals surface area contributed by atoms with E-state index in [9.17, 15) is 18.0 Å². The molecule has 4 nitrogen and oxygen atoms in total. The van der Waals surface area contributed by atoms with E-state index in [2.05, 4.69) is 0 Å². The summed E-state index contributed by atoms with van der Waals surface area (Å²) in [4.78, 5) is 17.6. The molecular formula is C17H15ClF3NO3. The maximum absolute atomic E-state index is 12.7. The van der Waals surface area contributed by atoms with Gasteiger partial charge in [0.25, 0.3) is 5.91 Å². The molecule has 0 aromatic heterocycles. The van der Waals surface area contributed by atoms with Crippen molar-refractivity contribution in [3.05, 3.63) is 64.7 Å². The van der Waals surface area contributed by atoms with Crippen molar-refractivity contribution in [2.75, 3.05) is 13.2 Å². The highest BCUT2D eigenvalue weighted by molar-refractivity contribution is 6.30. The van der Waals surface area contributed by atoms with Gasteiger partial charge in [0.2, 0.25) is 0 Å². The Kier molecular flexibility index (Phi) is 6.27. The monoisotopic (exact) mass is 373 g/mol. The van der Waals surface area contributed by atoms with Crippen molar-refractivity contribution in [2.45, 2.75) is 12.6 Å². The molecule has 0 fully saturated rings. The van der Waals surface area contributed by atoms with Crippen LogP contribution >= 0.6 is 11.6 Å². The summed E-state index contributed by atoms with van der Waals surface area (Å²) in [5, 5.41) is 10.4. The number of halogens is 4. The molecule has 2 aromatic carbocycles. The Labute approximate surface area is 147 Å². The van der Waals surface area contributed by atoms with Gasteiger partial charge in [-0.15, -0.1) is 0 Å². The number of rotatable bonds is 6. The Bertz CT molecular complexity index is 720. The maximum Gasteiger partial charge on any atom is 0.416 e. The number of amides is 1. The molecule has 0 atom stereocenters. The van der Waals surface area contributed by atoms with Crippen LogP contribution in [0.3, 0.4) is 0 Å². The first-order valence-electron chi connectivity index (χ1n) is 7.30. The number of hydrogen-bond donors (Lipinski definition) is 1. The van der Waals surface area contributed by atoms with E-state index in [1.807, 2.05) is 0 Å². The molecule has 0 saturated heterocycles. The number of hydrogen-bond acceptors (Lipinski definition) is 3. The molecule has 0 radical (unpaired) electrons. The van der Waals surface area contributed by atoms with Crippen LogP contribution < -0.4 is 4.84 Å². The Morgan fingerprint density at radius 1 is 1.16 bits per heavy atom. The van der Waals surface area contributed by atoms with Gasteiger partial charge in [0.05, 0.1) is 25.1 Å². The Hall–Kier alpha value is -2.25. The molecule has 0 aliphatic heterocycles. The number of nitrogens with zero attached hydrogens (tertiary/aromatic N) is 1. The molecule has 2 rings (SSSR count). The van der Waals surface area contributed by atoms with Crippen LogP contribution in [0.1, 0.15) is 11.1 Å². The van der Waals surface area contributed by atoms with Gasteiger partial charge in [0.15, 0.2) is 5.75 Å². The van der Waals surface area contributed by atoms with Crippen LogP contribution in [0.25, 0.3) is 0 Å². The molecule has 2 aromatic rings. The summed E-state index contributed by atoms with van der Waals surface area (Å²) in [5.74, 6) is -0.651. The van der Waals surface area contributed by atoms with E-state index in [1.165, 1.54) is 12.1 Å². The number of carbonyl (C=O) groups is 1. The van der Waals surface area contributed by atoms with Crippen molar-refractivity contribution >= 4 is 17.5 Å². The van der Waals surface area contributed by atoms with Gasteiger partial charge in [-0.1, -0.05) is 29.8 Å². The van der Waals surface area contributed by atoms with E-state index in [0.29, 0.717) is 10.6 Å². The quantitative estimate of drug-likeness (QED) is 0.785. The second-order valence-corrected chi connectivity index (χ2v) is 5.58. The summed E-state index contributed by atoms with van der Waals surface area (Å²) in [7, 11) is 0. The topological polar surface area (TPSA) is 49.8 Å². The minimum absolute atomic E-state index is 0.0455. The van der Waals surface area contributed by atoms with Crippen LogP contribution in [0.4, 0.5) is 13.2 Å². The highest BCUT2D eigenvalue weighted by Gasteiger charge is 2.31. The number of carbonyl (C=O) groups excluding carboxylic acids is 1. The molecule has 0 saturated carbocycles.